The lowest BCUT2D eigenvalue weighted by Crippen LogP contribution is -2.52. The van der Waals surface area contributed by atoms with Gasteiger partial charge >= 0.3 is 0 Å². The third-order valence-corrected chi connectivity index (χ3v) is 3.25. The minimum Gasteiger partial charge on any atom is -0.301 e. The molecule has 0 amide bonds. The average Bonchev–Trinajstić information content (AvgIpc) is 2.26. The van der Waals surface area contributed by atoms with Crippen molar-refractivity contribution < 1.29 is 0 Å². The Morgan fingerprint density at radius 1 is 1.18 bits per heavy atom. The first kappa shape index (κ1) is 7.56. The summed E-state index contributed by atoms with van der Waals surface area (Å²) in [5, 5.41) is 0. The molecular weight excluding hydrogens is 136 g/mol. The minimum absolute atomic E-state index is 0.744. The zero-order valence-corrected chi connectivity index (χ0v) is 7.75. The molecule has 2 fully saturated rings. The van der Waals surface area contributed by atoms with Gasteiger partial charge in [-0.15, -0.1) is 0 Å². The van der Waals surface area contributed by atoms with E-state index < -0.39 is 0 Å². The second-order valence-electron chi connectivity index (χ2n) is 4.31. The van der Waals surface area contributed by atoms with Gasteiger partial charge in [0.25, 0.3) is 0 Å². The van der Waals surface area contributed by atoms with Gasteiger partial charge in [-0.25, -0.2) is 0 Å². The number of nitrogens with zero attached hydrogens (tertiary/aromatic N) is 2. The quantitative estimate of drug-likeness (QED) is 0.547. The van der Waals surface area contributed by atoms with Crippen molar-refractivity contribution in [2.24, 2.45) is 5.92 Å². The molecule has 64 valence electrons. The zero-order valence-electron chi connectivity index (χ0n) is 7.75. The fourth-order valence-corrected chi connectivity index (χ4v) is 2.35. The van der Waals surface area contributed by atoms with Crippen molar-refractivity contribution >= 4 is 0 Å². The molecule has 0 aliphatic carbocycles. The van der Waals surface area contributed by atoms with Crippen molar-refractivity contribution in [1.82, 2.24) is 9.80 Å². The van der Waals surface area contributed by atoms with Crippen molar-refractivity contribution in [3.63, 3.8) is 0 Å². The van der Waals surface area contributed by atoms with E-state index in [1.54, 1.807) is 0 Å². The highest BCUT2D eigenvalue weighted by Gasteiger charge is 2.43. The van der Waals surface area contributed by atoms with Crippen LogP contribution in [0.5, 0.6) is 0 Å². The van der Waals surface area contributed by atoms with Crippen LogP contribution in [0.25, 0.3) is 0 Å². The Morgan fingerprint density at radius 3 is 2.36 bits per heavy atom. The SMILES string of the molecule is CC(C)N1C[C@@H]2CN(C)[C@@H]2C1. The number of likely N-dealkylation sites (N-methyl/N-ethyl adjacent to an activating group) is 1. The maximum Gasteiger partial charge on any atom is 0.0273 e. The summed E-state index contributed by atoms with van der Waals surface area (Å²) in [6.45, 7) is 8.56. The normalized spacial score (nSPS) is 39.3. The maximum atomic E-state index is 2.60. The van der Waals surface area contributed by atoms with Crippen molar-refractivity contribution in [3.8, 4) is 0 Å². The molecule has 2 heterocycles. The largest absolute Gasteiger partial charge is 0.301 e. The summed E-state index contributed by atoms with van der Waals surface area (Å²) in [4.78, 5) is 5.08. The lowest BCUT2D eigenvalue weighted by atomic mass is 9.93. The lowest BCUT2D eigenvalue weighted by Gasteiger charge is -2.40. The number of rotatable bonds is 1. The molecule has 2 heteroatoms. The van der Waals surface area contributed by atoms with E-state index in [1.165, 1.54) is 19.6 Å². The Labute approximate surface area is 69.2 Å². The Bertz CT molecular complexity index is 156. The summed E-state index contributed by atoms with van der Waals surface area (Å²) in [7, 11) is 2.24. The molecule has 0 aromatic heterocycles. The van der Waals surface area contributed by atoms with E-state index in [9.17, 15) is 0 Å². The van der Waals surface area contributed by atoms with E-state index in [4.69, 9.17) is 0 Å². The van der Waals surface area contributed by atoms with Gasteiger partial charge in [-0.1, -0.05) is 0 Å². The van der Waals surface area contributed by atoms with Crippen LogP contribution in [-0.4, -0.2) is 48.6 Å². The summed E-state index contributed by atoms with van der Waals surface area (Å²) in [5.41, 5.74) is 0. The topological polar surface area (TPSA) is 6.48 Å². The van der Waals surface area contributed by atoms with Crippen molar-refractivity contribution in [2.45, 2.75) is 25.9 Å². The Morgan fingerprint density at radius 2 is 1.91 bits per heavy atom. The first-order valence-electron chi connectivity index (χ1n) is 4.63. The molecule has 0 unspecified atom stereocenters. The highest BCUT2D eigenvalue weighted by molar-refractivity contribution is 4.99. The molecule has 0 saturated carbocycles. The lowest BCUT2D eigenvalue weighted by molar-refractivity contribution is 0.0824. The molecule has 2 nitrogen and oxygen atoms in total. The van der Waals surface area contributed by atoms with Crippen LogP contribution in [0.2, 0.25) is 0 Å². The molecular formula is C9H18N2. The van der Waals surface area contributed by atoms with E-state index in [0.29, 0.717) is 0 Å². The number of likely N-dealkylation sites (tertiary alicyclic amines) is 2. The van der Waals surface area contributed by atoms with Gasteiger partial charge in [0.15, 0.2) is 0 Å². The average molecular weight is 154 g/mol. The van der Waals surface area contributed by atoms with Crippen LogP contribution in [0.15, 0.2) is 0 Å². The number of hydrogen-bond donors (Lipinski definition) is 0. The van der Waals surface area contributed by atoms with Crippen molar-refractivity contribution in [2.75, 3.05) is 26.7 Å². The Kier molecular flexibility index (Phi) is 1.69. The predicted molar refractivity (Wildman–Crippen MR) is 46.6 cm³/mol. The molecule has 0 spiro atoms. The molecule has 2 saturated heterocycles. The van der Waals surface area contributed by atoms with E-state index >= 15 is 0 Å². The van der Waals surface area contributed by atoms with Gasteiger partial charge in [0.2, 0.25) is 0 Å². The first-order valence-corrected chi connectivity index (χ1v) is 4.63. The van der Waals surface area contributed by atoms with Crippen molar-refractivity contribution in [3.05, 3.63) is 0 Å². The molecule has 2 aliphatic rings. The summed E-state index contributed by atoms with van der Waals surface area (Å²) in [5.74, 6) is 0.988. The molecule has 11 heavy (non-hydrogen) atoms. The summed E-state index contributed by atoms with van der Waals surface area (Å²) < 4.78 is 0. The van der Waals surface area contributed by atoms with Gasteiger partial charge in [0, 0.05) is 37.6 Å². The Hall–Kier alpha value is -0.0800. The Balaban J connectivity index is 1.93. The van der Waals surface area contributed by atoms with Gasteiger partial charge < -0.3 is 4.90 Å². The van der Waals surface area contributed by atoms with Crippen LogP contribution >= 0.6 is 0 Å². The zero-order chi connectivity index (χ0) is 8.01. The van der Waals surface area contributed by atoms with Crippen LogP contribution in [0.3, 0.4) is 0 Å². The van der Waals surface area contributed by atoms with Gasteiger partial charge in [-0.3, -0.25) is 4.90 Å². The molecule has 0 N–H and O–H groups in total. The van der Waals surface area contributed by atoms with Gasteiger partial charge in [0.05, 0.1) is 0 Å². The molecule has 0 bridgehead atoms. The highest BCUT2D eigenvalue weighted by Crippen LogP contribution is 2.31. The summed E-state index contributed by atoms with van der Waals surface area (Å²) in [6.07, 6.45) is 0. The van der Waals surface area contributed by atoms with Crippen molar-refractivity contribution in [1.29, 1.82) is 0 Å². The second kappa shape index (κ2) is 2.46. The van der Waals surface area contributed by atoms with E-state index in [1.807, 2.05) is 0 Å². The highest BCUT2D eigenvalue weighted by atomic mass is 15.3. The molecule has 2 rings (SSSR count). The van der Waals surface area contributed by atoms with E-state index in [0.717, 1.165) is 18.0 Å². The third kappa shape index (κ3) is 1.09. The minimum atomic E-state index is 0.744. The summed E-state index contributed by atoms with van der Waals surface area (Å²) >= 11 is 0. The fraction of sp³-hybridized carbons (Fsp3) is 1.00. The molecule has 0 aromatic carbocycles. The third-order valence-electron chi connectivity index (χ3n) is 3.25. The van der Waals surface area contributed by atoms with E-state index in [-0.39, 0.29) is 0 Å². The number of hydrogen-bond acceptors (Lipinski definition) is 2. The van der Waals surface area contributed by atoms with Crippen LogP contribution < -0.4 is 0 Å². The second-order valence-corrected chi connectivity index (χ2v) is 4.31. The van der Waals surface area contributed by atoms with Gasteiger partial charge in [0.1, 0.15) is 0 Å². The van der Waals surface area contributed by atoms with Crippen LogP contribution in [0.1, 0.15) is 13.8 Å². The van der Waals surface area contributed by atoms with Crippen LogP contribution in [0.4, 0.5) is 0 Å². The monoisotopic (exact) mass is 154 g/mol. The molecule has 2 aliphatic heterocycles. The number of fused-ring (bicyclic) bond motifs is 1. The molecule has 2 atom stereocenters. The standard InChI is InChI=1S/C9H18N2/c1-7(2)11-5-8-4-10(3)9(8)6-11/h7-9H,4-6H2,1-3H3/t8-,9+/m0/s1. The van der Waals surface area contributed by atoms with Crippen LogP contribution in [-0.2, 0) is 0 Å². The van der Waals surface area contributed by atoms with Crippen LogP contribution in [0, 0.1) is 5.92 Å². The molecule has 0 radical (unpaired) electrons. The first-order chi connectivity index (χ1) is 5.18. The summed E-state index contributed by atoms with van der Waals surface area (Å²) in [6, 6.07) is 1.63. The fourth-order valence-electron chi connectivity index (χ4n) is 2.35. The smallest absolute Gasteiger partial charge is 0.0273 e. The predicted octanol–water partition coefficient (Wildman–Crippen LogP) is 0.641. The van der Waals surface area contributed by atoms with Gasteiger partial charge in [-0.05, 0) is 20.9 Å². The van der Waals surface area contributed by atoms with E-state index in [2.05, 4.69) is 30.7 Å². The van der Waals surface area contributed by atoms with Gasteiger partial charge in [-0.2, -0.15) is 0 Å². The molecule has 0 aromatic rings. The maximum absolute atomic E-state index is 2.60.